The molecule has 1 aliphatic carbocycles. The summed E-state index contributed by atoms with van der Waals surface area (Å²) in [5.41, 5.74) is 3.26. The monoisotopic (exact) mass is 310 g/mol. The zero-order valence-corrected chi connectivity index (χ0v) is 12.8. The van der Waals surface area contributed by atoms with Crippen molar-refractivity contribution < 1.29 is 9.18 Å². The number of carbonyl (C=O) groups is 1. The van der Waals surface area contributed by atoms with E-state index < -0.39 is 0 Å². The van der Waals surface area contributed by atoms with E-state index in [1.165, 1.54) is 17.7 Å². The largest absolute Gasteiger partial charge is 0.353 e. The Balaban J connectivity index is 1.54. The molecule has 0 fully saturated rings. The first-order valence-corrected chi connectivity index (χ1v) is 7.84. The smallest absolute Gasteiger partial charge is 0.224 e. The zero-order chi connectivity index (χ0) is 16.1. The molecule has 1 heterocycles. The highest BCUT2D eigenvalue weighted by Crippen LogP contribution is 2.27. The molecule has 4 heteroatoms. The standard InChI is InChI=1S/C19H19FN2O/c20-17-5-1-15(2-6-17)16-3-7-18(8-4-16)22-19(23)13-14-9-11-21-12-10-14/h1-3,5-6,9-12,18H,4,7-8,13H2,(H,22,23). The number of amides is 1. The van der Waals surface area contributed by atoms with Gasteiger partial charge in [0.05, 0.1) is 6.42 Å². The van der Waals surface area contributed by atoms with Crippen molar-refractivity contribution in [3.8, 4) is 0 Å². The van der Waals surface area contributed by atoms with E-state index in [9.17, 15) is 9.18 Å². The van der Waals surface area contributed by atoms with Crippen molar-refractivity contribution in [3.63, 3.8) is 0 Å². The van der Waals surface area contributed by atoms with Gasteiger partial charge in [-0.3, -0.25) is 9.78 Å². The fourth-order valence-electron chi connectivity index (χ4n) is 2.86. The number of carbonyl (C=O) groups excluding carboxylic acids is 1. The van der Waals surface area contributed by atoms with Gasteiger partial charge in [0.25, 0.3) is 0 Å². The molecule has 1 aromatic carbocycles. The Bertz CT molecular complexity index is 695. The summed E-state index contributed by atoms with van der Waals surface area (Å²) in [6, 6.07) is 10.5. The third kappa shape index (κ3) is 4.25. The van der Waals surface area contributed by atoms with Crippen LogP contribution >= 0.6 is 0 Å². The Morgan fingerprint density at radius 2 is 1.91 bits per heavy atom. The number of benzene rings is 1. The van der Waals surface area contributed by atoms with E-state index in [1.54, 1.807) is 12.4 Å². The van der Waals surface area contributed by atoms with Crippen LogP contribution in [0.2, 0.25) is 0 Å². The fraction of sp³-hybridized carbons (Fsp3) is 0.263. The van der Waals surface area contributed by atoms with E-state index >= 15 is 0 Å². The summed E-state index contributed by atoms with van der Waals surface area (Å²) in [5.74, 6) is -0.175. The van der Waals surface area contributed by atoms with Crippen molar-refractivity contribution in [1.82, 2.24) is 10.3 Å². The number of rotatable bonds is 4. The normalized spacial score (nSPS) is 17.4. The maximum absolute atomic E-state index is 13.0. The second-order valence-electron chi connectivity index (χ2n) is 5.81. The molecule has 1 atom stereocenters. The van der Waals surface area contributed by atoms with Gasteiger partial charge in [-0.2, -0.15) is 0 Å². The molecule has 0 spiro atoms. The zero-order valence-electron chi connectivity index (χ0n) is 12.8. The highest BCUT2D eigenvalue weighted by atomic mass is 19.1. The molecule has 1 unspecified atom stereocenters. The minimum absolute atomic E-state index is 0.0415. The molecule has 0 saturated carbocycles. The summed E-state index contributed by atoms with van der Waals surface area (Å²) in [5, 5.41) is 3.08. The summed E-state index contributed by atoms with van der Waals surface area (Å²) in [4.78, 5) is 16.0. The maximum Gasteiger partial charge on any atom is 0.224 e. The number of nitrogens with zero attached hydrogens (tertiary/aromatic N) is 1. The van der Waals surface area contributed by atoms with E-state index in [2.05, 4.69) is 16.4 Å². The van der Waals surface area contributed by atoms with Crippen LogP contribution in [0.1, 0.15) is 30.4 Å². The lowest BCUT2D eigenvalue weighted by molar-refractivity contribution is -0.121. The van der Waals surface area contributed by atoms with Gasteiger partial charge in [-0.25, -0.2) is 4.39 Å². The van der Waals surface area contributed by atoms with Crippen molar-refractivity contribution in [2.75, 3.05) is 0 Å². The third-order valence-corrected chi connectivity index (χ3v) is 4.11. The average molecular weight is 310 g/mol. The van der Waals surface area contributed by atoms with Crippen LogP contribution in [0.4, 0.5) is 4.39 Å². The van der Waals surface area contributed by atoms with Gasteiger partial charge < -0.3 is 5.32 Å². The molecule has 0 radical (unpaired) electrons. The van der Waals surface area contributed by atoms with E-state index in [-0.39, 0.29) is 17.8 Å². The van der Waals surface area contributed by atoms with Crippen LogP contribution in [0.25, 0.3) is 5.57 Å². The van der Waals surface area contributed by atoms with Crippen LogP contribution < -0.4 is 5.32 Å². The molecule has 0 bridgehead atoms. The maximum atomic E-state index is 13.0. The molecule has 23 heavy (non-hydrogen) atoms. The Labute approximate surface area is 135 Å². The molecular weight excluding hydrogens is 291 g/mol. The molecule has 3 nitrogen and oxygen atoms in total. The Kier molecular flexibility index (Phi) is 4.81. The summed E-state index contributed by atoms with van der Waals surface area (Å²) in [7, 11) is 0. The van der Waals surface area contributed by atoms with Gasteiger partial charge in [0.1, 0.15) is 5.82 Å². The van der Waals surface area contributed by atoms with Crippen molar-refractivity contribution in [2.24, 2.45) is 0 Å². The average Bonchev–Trinajstić information content (AvgIpc) is 2.57. The number of nitrogens with one attached hydrogen (secondary N) is 1. The topological polar surface area (TPSA) is 42.0 Å². The lowest BCUT2D eigenvalue weighted by Crippen LogP contribution is -2.36. The van der Waals surface area contributed by atoms with E-state index in [1.807, 2.05) is 24.3 Å². The highest BCUT2D eigenvalue weighted by molar-refractivity contribution is 5.79. The van der Waals surface area contributed by atoms with Crippen LogP contribution in [0, 0.1) is 5.82 Å². The lowest BCUT2D eigenvalue weighted by atomic mass is 9.90. The predicted molar refractivity (Wildman–Crippen MR) is 88.1 cm³/mol. The molecule has 1 aromatic heterocycles. The number of allylic oxidation sites excluding steroid dienone is 1. The van der Waals surface area contributed by atoms with Crippen LogP contribution in [-0.2, 0) is 11.2 Å². The van der Waals surface area contributed by atoms with Crippen molar-refractivity contribution in [1.29, 1.82) is 0 Å². The van der Waals surface area contributed by atoms with Gasteiger partial charge in [0, 0.05) is 18.4 Å². The highest BCUT2D eigenvalue weighted by Gasteiger charge is 2.17. The summed E-state index contributed by atoms with van der Waals surface area (Å²) in [6.07, 6.45) is 8.54. The van der Waals surface area contributed by atoms with Crippen molar-refractivity contribution >= 4 is 11.5 Å². The van der Waals surface area contributed by atoms with Crippen molar-refractivity contribution in [3.05, 3.63) is 71.8 Å². The minimum Gasteiger partial charge on any atom is -0.353 e. The van der Waals surface area contributed by atoms with Crippen LogP contribution in [0.15, 0.2) is 54.9 Å². The van der Waals surface area contributed by atoms with Crippen LogP contribution in [0.5, 0.6) is 0 Å². The number of pyridine rings is 1. The first-order chi connectivity index (χ1) is 11.2. The number of aromatic nitrogens is 1. The molecule has 1 N–H and O–H groups in total. The SMILES string of the molecule is O=C(Cc1ccncc1)NC1CC=C(c2ccc(F)cc2)CC1. The van der Waals surface area contributed by atoms with E-state index in [0.29, 0.717) is 6.42 Å². The van der Waals surface area contributed by atoms with Gasteiger partial charge in [-0.1, -0.05) is 18.2 Å². The second kappa shape index (κ2) is 7.18. The Hall–Kier alpha value is -2.49. The van der Waals surface area contributed by atoms with Gasteiger partial charge >= 0.3 is 0 Å². The Morgan fingerprint density at radius 1 is 1.17 bits per heavy atom. The van der Waals surface area contributed by atoms with Crippen LogP contribution in [0.3, 0.4) is 0 Å². The van der Waals surface area contributed by atoms with E-state index in [0.717, 1.165) is 30.4 Å². The first-order valence-electron chi connectivity index (χ1n) is 7.84. The molecule has 1 aliphatic rings. The first kappa shape index (κ1) is 15.4. The number of hydrogen-bond acceptors (Lipinski definition) is 2. The molecule has 2 aromatic rings. The Morgan fingerprint density at radius 3 is 2.57 bits per heavy atom. The molecule has 0 aliphatic heterocycles. The van der Waals surface area contributed by atoms with Gasteiger partial charge in [0.15, 0.2) is 0 Å². The summed E-state index contributed by atoms with van der Waals surface area (Å²) >= 11 is 0. The molecule has 118 valence electrons. The second-order valence-corrected chi connectivity index (χ2v) is 5.81. The van der Waals surface area contributed by atoms with Gasteiger partial charge in [-0.05, 0) is 60.2 Å². The molecular formula is C19H19FN2O. The summed E-state index contributed by atoms with van der Waals surface area (Å²) in [6.45, 7) is 0. The van der Waals surface area contributed by atoms with Crippen LogP contribution in [-0.4, -0.2) is 16.9 Å². The van der Waals surface area contributed by atoms with Crippen molar-refractivity contribution in [2.45, 2.75) is 31.7 Å². The predicted octanol–water partition coefficient (Wildman–Crippen LogP) is 3.52. The quantitative estimate of drug-likeness (QED) is 0.939. The summed E-state index contributed by atoms with van der Waals surface area (Å²) < 4.78 is 13.0. The fourth-order valence-corrected chi connectivity index (χ4v) is 2.86. The molecule has 3 rings (SSSR count). The molecule has 0 saturated heterocycles. The lowest BCUT2D eigenvalue weighted by Gasteiger charge is -2.23. The van der Waals surface area contributed by atoms with E-state index in [4.69, 9.17) is 0 Å². The van der Waals surface area contributed by atoms with Gasteiger partial charge in [-0.15, -0.1) is 0 Å². The van der Waals surface area contributed by atoms with Gasteiger partial charge in [0.2, 0.25) is 5.91 Å². The number of hydrogen-bond donors (Lipinski definition) is 1. The third-order valence-electron chi connectivity index (χ3n) is 4.11. The molecule has 1 amide bonds. The number of halogens is 1. The minimum atomic E-state index is -0.216.